The van der Waals surface area contributed by atoms with E-state index in [-0.39, 0.29) is 18.6 Å². The van der Waals surface area contributed by atoms with Gasteiger partial charge in [-0.2, -0.15) is 0 Å². The number of carbonyl (C=O) groups excluding carboxylic acids is 1. The molecule has 0 aliphatic carbocycles. The van der Waals surface area contributed by atoms with Crippen LogP contribution in [-0.4, -0.2) is 24.6 Å². The van der Waals surface area contributed by atoms with E-state index in [4.69, 9.17) is 9.84 Å². The van der Waals surface area contributed by atoms with Crippen LogP contribution in [0.1, 0.15) is 31.4 Å². The minimum Gasteiger partial charge on any atom is -0.491 e. The first kappa shape index (κ1) is 21.8. The number of rotatable bonds is 5. The van der Waals surface area contributed by atoms with Crippen molar-refractivity contribution in [3.05, 3.63) is 49.8 Å². The summed E-state index contributed by atoms with van der Waals surface area (Å²) >= 11 is 1.63. The van der Waals surface area contributed by atoms with Crippen molar-refractivity contribution in [2.45, 2.75) is 34.1 Å². The third kappa shape index (κ3) is 4.90. The number of fused-ring (bicyclic) bond motifs is 1. The predicted molar refractivity (Wildman–Crippen MR) is 111 cm³/mol. The number of aryl methyl sites for hydroxylation is 1. The lowest BCUT2D eigenvalue weighted by Crippen LogP contribution is -2.36. The summed E-state index contributed by atoms with van der Waals surface area (Å²) < 4.78 is 7.57. The number of aliphatic hydroxyl groups excluding tert-OH is 1. The van der Waals surface area contributed by atoms with Gasteiger partial charge in [0.15, 0.2) is 5.43 Å². The maximum atomic E-state index is 12.7. The van der Waals surface area contributed by atoms with E-state index >= 15 is 0 Å². The molecule has 0 radical (unpaired) electrons. The van der Waals surface area contributed by atoms with Crippen LogP contribution in [0.15, 0.2) is 23.5 Å². The van der Waals surface area contributed by atoms with Gasteiger partial charge in [-0.3, -0.25) is 4.79 Å². The summed E-state index contributed by atoms with van der Waals surface area (Å²) in [6, 6.07) is 1.80. The van der Waals surface area contributed by atoms with E-state index in [1.165, 1.54) is 0 Å². The molecule has 0 atom stereocenters. The van der Waals surface area contributed by atoms with E-state index in [1.807, 2.05) is 39.8 Å². The molecule has 1 heterocycles. The van der Waals surface area contributed by atoms with Crippen molar-refractivity contribution in [3.63, 3.8) is 0 Å². The van der Waals surface area contributed by atoms with Gasteiger partial charge >= 0.3 is 0 Å². The average Bonchev–Trinajstić information content (AvgIpc) is 2.64. The van der Waals surface area contributed by atoms with Crippen LogP contribution in [-0.2, 0) is 4.79 Å². The maximum Gasteiger partial charge on any atom is 0.195 e. The van der Waals surface area contributed by atoms with E-state index in [9.17, 15) is 9.59 Å². The molecule has 0 fully saturated rings. The fraction of sp³-hybridized carbons (Fsp3) is 0.333. The van der Waals surface area contributed by atoms with Gasteiger partial charge in [-0.25, -0.2) is 0 Å². The Morgan fingerprint density at radius 2 is 1.92 bits per heavy atom. The summed E-state index contributed by atoms with van der Waals surface area (Å²) in [5, 5.41) is 10.3. The summed E-state index contributed by atoms with van der Waals surface area (Å²) in [5.74, 6) is 0.675. The molecule has 0 unspecified atom stereocenters. The quantitative estimate of drug-likeness (QED) is 0.645. The number of allylic oxidation sites excluding steroid dienone is 1. The molecule has 1 aromatic carbocycles. The molecule has 0 amide bonds. The van der Waals surface area contributed by atoms with Crippen LogP contribution < -0.4 is 19.9 Å². The first-order valence-corrected chi connectivity index (χ1v) is 9.26. The number of ether oxygens (including phenoxy) is 1. The van der Waals surface area contributed by atoms with Crippen LogP contribution in [0.5, 0.6) is 5.75 Å². The second-order valence-corrected chi connectivity index (χ2v) is 6.60. The van der Waals surface area contributed by atoms with Crippen LogP contribution in [0, 0.1) is 13.8 Å². The van der Waals surface area contributed by atoms with Gasteiger partial charge < -0.3 is 14.6 Å². The fourth-order valence-corrected chi connectivity index (χ4v) is 3.67. The first-order chi connectivity index (χ1) is 12.5. The highest BCUT2D eigenvalue weighted by molar-refractivity contribution is 7.16. The van der Waals surface area contributed by atoms with Crippen molar-refractivity contribution in [1.29, 1.82) is 0 Å². The molecule has 2 rings (SSSR count). The highest BCUT2D eigenvalue weighted by atomic mass is 32.1. The van der Waals surface area contributed by atoms with Crippen LogP contribution in [0.4, 0.5) is 0 Å². The molecule has 140 valence electrons. The molecule has 0 aliphatic heterocycles. The van der Waals surface area contributed by atoms with Gasteiger partial charge in [-0.15, -0.1) is 17.9 Å². The van der Waals surface area contributed by atoms with Crippen molar-refractivity contribution in [1.82, 2.24) is 0 Å². The standard InChI is InChI=1S/C17H20O3S.C4H6O/c1-5-12-15(6-2)21-17-11(4)10(3)14(20-8-7-18)9-13(17)16(12)19;1-2-3-4-5/h5-6,9,18H,7-8H2,1-4H3;2,4H,1,3H2/b12-5+,15-6+;. The molecule has 0 bridgehead atoms. The van der Waals surface area contributed by atoms with E-state index in [0.717, 1.165) is 31.9 Å². The molecule has 0 saturated heterocycles. The number of aliphatic hydroxyl groups is 1. The van der Waals surface area contributed by atoms with Gasteiger partial charge in [0, 0.05) is 26.3 Å². The number of carbonyl (C=O) groups is 1. The molecule has 2 aromatic rings. The van der Waals surface area contributed by atoms with Gasteiger partial charge in [0.2, 0.25) is 0 Å². The number of hydrogen-bond acceptors (Lipinski definition) is 5. The highest BCUT2D eigenvalue weighted by Gasteiger charge is 2.12. The molecule has 0 aliphatic rings. The van der Waals surface area contributed by atoms with E-state index in [0.29, 0.717) is 17.6 Å². The highest BCUT2D eigenvalue weighted by Crippen LogP contribution is 2.29. The normalized spacial score (nSPS) is 11.9. The molecule has 1 N–H and O–H groups in total. The summed E-state index contributed by atoms with van der Waals surface area (Å²) in [4.78, 5) is 22.0. The molecule has 1 aromatic heterocycles. The second-order valence-electron chi connectivity index (χ2n) is 5.55. The lowest BCUT2D eigenvalue weighted by Gasteiger charge is -2.12. The number of benzene rings is 1. The number of hydrogen-bond donors (Lipinski definition) is 1. The van der Waals surface area contributed by atoms with Gasteiger partial charge in [0.05, 0.1) is 6.61 Å². The SMILES string of the molecule is C/C=c1/c(=O)c2cc(OCCO)c(C)c(C)c2s/c1=C/C.C=CCC=O. The summed E-state index contributed by atoms with van der Waals surface area (Å²) in [6.45, 7) is 11.3. The Kier molecular flexibility index (Phi) is 8.96. The van der Waals surface area contributed by atoms with Crippen molar-refractivity contribution in [2.75, 3.05) is 13.2 Å². The molecule has 5 heteroatoms. The smallest absolute Gasteiger partial charge is 0.195 e. The summed E-state index contributed by atoms with van der Waals surface area (Å²) in [5.41, 5.74) is 2.12. The lowest BCUT2D eigenvalue weighted by molar-refractivity contribution is -0.107. The van der Waals surface area contributed by atoms with E-state index < -0.39 is 0 Å². The molecular formula is C21H26O4S. The van der Waals surface area contributed by atoms with Crippen LogP contribution in [0.25, 0.3) is 22.2 Å². The lowest BCUT2D eigenvalue weighted by atomic mass is 10.1. The molecule has 0 spiro atoms. The van der Waals surface area contributed by atoms with Gasteiger partial charge in [0.25, 0.3) is 0 Å². The predicted octanol–water partition coefficient (Wildman–Crippen LogP) is 2.61. The Bertz CT molecular complexity index is 949. The average molecular weight is 375 g/mol. The van der Waals surface area contributed by atoms with E-state index in [2.05, 4.69) is 6.58 Å². The Morgan fingerprint density at radius 3 is 2.38 bits per heavy atom. The van der Waals surface area contributed by atoms with Gasteiger partial charge in [-0.1, -0.05) is 18.2 Å². The van der Waals surface area contributed by atoms with Crippen LogP contribution in [0.2, 0.25) is 0 Å². The van der Waals surface area contributed by atoms with Gasteiger partial charge in [-0.05, 0) is 44.9 Å². The van der Waals surface area contributed by atoms with Crippen LogP contribution >= 0.6 is 11.3 Å². The maximum absolute atomic E-state index is 12.7. The molecule has 26 heavy (non-hydrogen) atoms. The Morgan fingerprint density at radius 1 is 1.23 bits per heavy atom. The summed E-state index contributed by atoms with van der Waals surface area (Å²) in [6.07, 6.45) is 6.68. The Hall–Kier alpha value is -2.24. The zero-order chi connectivity index (χ0) is 19.7. The van der Waals surface area contributed by atoms with Crippen molar-refractivity contribution < 1.29 is 14.6 Å². The Labute approximate surface area is 157 Å². The Balaban J connectivity index is 0.000000597. The zero-order valence-corrected chi connectivity index (χ0v) is 16.6. The third-order valence-corrected chi connectivity index (χ3v) is 5.33. The zero-order valence-electron chi connectivity index (χ0n) is 15.8. The van der Waals surface area contributed by atoms with Crippen molar-refractivity contribution in [3.8, 4) is 5.75 Å². The largest absolute Gasteiger partial charge is 0.491 e. The van der Waals surface area contributed by atoms with Crippen molar-refractivity contribution >= 4 is 39.9 Å². The monoisotopic (exact) mass is 374 g/mol. The topological polar surface area (TPSA) is 63.6 Å². The molecular weight excluding hydrogens is 348 g/mol. The molecule has 0 saturated carbocycles. The third-order valence-electron chi connectivity index (χ3n) is 3.92. The summed E-state index contributed by atoms with van der Waals surface area (Å²) in [7, 11) is 0. The van der Waals surface area contributed by atoms with Gasteiger partial charge in [0.1, 0.15) is 18.6 Å². The first-order valence-electron chi connectivity index (χ1n) is 8.44. The fourth-order valence-electron chi connectivity index (χ4n) is 2.45. The van der Waals surface area contributed by atoms with Crippen molar-refractivity contribution in [2.24, 2.45) is 0 Å². The molecule has 4 nitrogen and oxygen atoms in total. The second kappa shape index (κ2) is 10.7. The minimum absolute atomic E-state index is 0.0382. The minimum atomic E-state index is -0.0406. The van der Waals surface area contributed by atoms with E-state index in [1.54, 1.807) is 23.5 Å². The van der Waals surface area contributed by atoms with Crippen LogP contribution in [0.3, 0.4) is 0 Å². The number of aldehydes is 1.